The number of rotatable bonds is 7. The Morgan fingerprint density at radius 1 is 1.33 bits per heavy atom. The molecule has 3 nitrogen and oxygen atoms in total. The quantitative estimate of drug-likeness (QED) is 0.567. The molecule has 0 N–H and O–H groups in total. The molecule has 2 heterocycles. The highest BCUT2D eigenvalue weighted by molar-refractivity contribution is 5.36. The number of likely N-dealkylation sites (tertiary alicyclic amines) is 1. The molecule has 0 amide bonds. The number of likely N-dealkylation sites (N-methyl/N-ethyl adjacent to an activating group) is 1. The third kappa shape index (κ3) is 5.40. The maximum Gasteiger partial charge on any atom is 0.138 e. The Morgan fingerprint density at radius 3 is 2.95 bits per heavy atom. The van der Waals surface area contributed by atoms with Crippen LogP contribution in [-0.2, 0) is 0 Å². The molecule has 1 aromatic heterocycles. The van der Waals surface area contributed by atoms with Gasteiger partial charge in [0.2, 0.25) is 0 Å². The average molecular weight is 286 g/mol. The summed E-state index contributed by atoms with van der Waals surface area (Å²) < 4.78 is 5.81. The van der Waals surface area contributed by atoms with Crippen molar-refractivity contribution in [2.24, 2.45) is 0 Å². The number of pyridine rings is 1. The topological polar surface area (TPSA) is 25.4 Å². The van der Waals surface area contributed by atoms with Crippen LogP contribution in [0.2, 0.25) is 0 Å². The maximum atomic E-state index is 5.81. The van der Waals surface area contributed by atoms with Crippen molar-refractivity contribution in [2.45, 2.75) is 51.5 Å². The standard InChI is InChI=1S/C18H26N2O/c1-3-4-5-6-7-8-9-16-12-18(14-19-13-16)21-15-17-10-11-20(17)2/h12-14,17H,3-7,10-11,15H2,1-2H3/t17-/m0/s1. The minimum atomic E-state index is 0.554. The molecule has 21 heavy (non-hydrogen) atoms. The first-order valence-corrected chi connectivity index (χ1v) is 8.06. The van der Waals surface area contributed by atoms with E-state index in [1.165, 1.54) is 38.6 Å². The van der Waals surface area contributed by atoms with Gasteiger partial charge < -0.3 is 4.74 Å². The molecule has 0 bridgehead atoms. The Hall–Kier alpha value is -1.53. The van der Waals surface area contributed by atoms with Gasteiger partial charge in [-0.05, 0) is 32.5 Å². The van der Waals surface area contributed by atoms with E-state index in [4.69, 9.17) is 4.74 Å². The fourth-order valence-corrected chi connectivity index (χ4v) is 2.34. The Morgan fingerprint density at radius 2 is 2.24 bits per heavy atom. The highest BCUT2D eigenvalue weighted by Gasteiger charge is 2.24. The molecular formula is C18H26N2O. The van der Waals surface area contributed by atoms with Crippen LogP contribution in [0.4, 0.5) is 0 Å². The monoisotopic (exact) mass is 286 g/mol. The zero-order chi connectivity index (χ0) is 14.9. The van der Waals surface area contributed by atoms with Crippen molar-refractivity contribution in [3.63, 3.8) is 0 Å². The van der Waals surface area contributed by atoms with Gasteiger partial charge in [-0.3, -0.25) is 9.88 Å². The van der Waals surface area contributed by atoms with E-state index in [2.05, 4.69) is 35.7 Å². The molecule has 0 radical (unpaired) electrons. The smallest absolute Gasteiger partial charge is 0.138 e. The molecule has 1 saturated heterocycles. The summed E-state index contributed by atoms with van der Waals surface area (Å²) in [6.45, 7) is 4.14. The SMILES string of the molecule is CCCCCCC#Cc1cncc(OC[C@@H]2CCN2C)c1. The minimum absolute atomic E-state index is 0.554. The summed E-state index contributed by atoms with van der Waals surface area (Å²) in [5.41, 5.74) is 0.949. The number of hydrogen-bond acceptors (Lipinski definition) is 3. The van der Waals surface area contributed by atoms with Crippen LogP contribution < -0.4 is 4.74 Å². The summed E-state index contributed by atoms with van der Waals surface area (Å²) in [6.07, 6.45) is 10.8. The normalized spacial score (nSPS) is 17.7. The molecule has 1 fully saturated rings. The molecule has 1 aromatic rings. The van der Waals surface area contributed by atoms with Crippen molar-refractivity contribution in [1.82, 2.24) is 9.88 Å². The molecule has 0 aliphatic carbocycles. The highest BCUT2D eigenvalue weighted by atomic mass is 16.5. The lowest BCUT2D eigenvalue weighted by atomic mass is 10.1. The van der Waals surface area contributed by atoms with Crippen LogP contribution in [0, 0.1) is 11.8 Å². The average Bonchev–Trinajstić information content (AvgIpc) is 2.50. The first-order valence-electron chi connectivity index (χ1n) is 8.06. The van der Waals surface area contributed by atoms with Gasteiger partial charge in [0, 0.05) is 24.2 Å². The molecule has 0 saturated carbocycles. The van der Waals surface area contributed by atoms with E-state index in [1.54, 1.807) is 12.4 Å². The molecule has 0 spiro atoms. The fourth-order valence-electron chi connectivity index (χ4n) is 2.34. The summed E-state index contributed by atoms with van der Waals surface area (Å²) >= 11 is 0. The van der Waals surface area contributed by atoms with Crippen LogP contribution in [0.5, 0.6) is 5.75 Å². The van der Waals surface area contributed by atoms with Gasteiger partial charge >= 0.3 is 0 Å². The number of nitrogens with zero attached hydrogens (tertiary/aromatic N) is 2. The van der Waals surface area contributed by atoms with E-state index >= 15 is 0 Å². The Balaban J connectivity index is 1.76. The second kappa shape index (κ2) is 8.69. The lowest BCUT2D eigenvalue weighted by molar-refractivity contribution is 0.0767. The van der Waals surface area contributed by atoms with Crippen LogP contribution in [0.3, 0.4) is 0 Å². The molecule has 114 valence electrons. The third-order valence-electron chi connectivity index (χ3n) is 3.98. The minimum Gasteiger partial charge on any atom is -0.490 e. The van der Waals surface area contributed by atoms with E-state index in [0.29, 0.717) is 6.04 Å². The zero-order valence-corrected chi connectivity index (χ0v) is 13.3. The highest BCUT2D eigenvalue weighted by Crippen LogP contribution is 2.17. The van der Waals surface area contributed by atoms with Crippen molar-refractivity contribution in [3.05, 3.63) is 24.0 Å². The number of hydrogen-bond donors (Lipinski definition) is 0. The van der Waals surface area contributed by atoms with Gasteiger partial charge in [0.05, 0.1) is 6.20 Å². The Labute approximate surface area is 128 Å². The van der Waals surface area contributed by atoms with Crippen molar-refractivity contribution in [2.75, 3.05) is 20.2 Å². The summed E-state index contributed by atoms with van der Waals surface area (Å²) in [5, 5.41) is 0. The van der Waals surface area contributed by atoms with Crippen LogP contribution in [0.15, 0.2) is 18.5 Å². The fraction of sp³-hybridized carbons (Fsp3) is 0.611. The molecule has 2 rings (SSSR count). The summed E-state index contributed by atoms with van der Waals surface area (Å²) in [6, 6.07) is 2.54. The summed E-state index contributed by atoms with van der Waals surface area (Å²) in [7, 11) is 2.14. The first-order chi connectivity index (χ1) is 10.3. The lowest BCUT2D eigenvalue weighted by Gasteiger charge is -2.37. The predicted octanol–water partition coefficient (Wildman–Crippen LogP) is 3.49. The van der Waals surface area contributed by atoms with Gasteiger partial charge in [0.15, 0.2) is 0 Å². The van der Waals surface area contributed by atoms with E-state index in [9.17, 15) is 0 Å². The number of aromatic nitrogens is 1. The van der Waals surface area contributed by atoms with E-state index in [0.717, 1.165) is 24.3 Å². The van der Waals surface area contributed by atoms with Gasteiger partial charge in [0.25, 0.3) is 0 Å². The largest absolute Gasteiger partial charge is 0.490 e. The third-order valence-corrected chi connectivity index (χ3v) is 3.98. The van der Waals surface area contributed by atoms with Crippen molar-refractivity contribution in [1.29, 1.82) is 0 Å². The Bertz CT molecular complexity index is 489. The van der Waals surface area contributed by atoms with Gasteiger partial charge in [-0.25, -0.2) is 0 Å². The second-order valence-electron chi connectivity index (χ2n) is 5.76. The molecule has 3 heteroatoms. The van der Waals surface area contributed by atoms with Crippen molar-refractivity contribution >= 4 is 0 Å². The van der Waals surface area contributed by atoms with Crippen LogP contribution >= 0.6 is 0 Å². The van der Waals surface area contributed by atoms with Crippen molar-refractivity contribution < 1.29 is 4.74 Å². The van der Waals surface area contributed by atoms with Gasteiger partial charge in [-0.1, -0.05) is 38.0 Å². The van der Waals surface area contributed by atoms with Crippen LogP contribution in [-0.4, -0.2) is 36.1 Å². The Kier molecular flexibility index (Phi) is 6.56. The van der Waals surface area contributed by atoms with Gasteiger partial charge in [0.1, 0.15) is 12.4 Å². The van der Waals surface area contributed by atoms with E-state index in [1.807, 2.05) is 6.07 Å². The predicted molar refractivity (Wildman–Crippen MR) is 86.4 cm³/mol. The van der Waals surface area contributed by atoms with Gasteiger partial charge in [-0.15, -0.1) is 0 Å². The van der Waals surface area contributed by atoms with E-state index < -0.39 is 0 Å². The first kappa shape index (κ1) is 15.9. The molecular weight excluding hydrogens is 260 g/mol. The summed E-state index contributed by atoms with van der Waals surface area (Å²) in [5.74, 6) is 7.24. The lowest BCUT2D eigenvalue weighted by Crippen LogP contribution is -2.48. The van der Waals surface area contributed by atoms with Crippen LogP contribution in [0.25, 0.3) is 0 Å². The molecule has 0 aromatic carbocycles. The zero-order valence-electron chi connectivity index (χ0n) is 13.3. The second-order valence-corrected chi connectivity index (χ2v) is 5.76. The molecule has 1 aliphatic rings. The summed E-state index contributed by atoms with van der Waals surface area (Å²) in [4.78, 5) is 6.53. The maximum absolute atomic E-state index is 5.81. The molecule has 0 unspecified atom stereocenters. The van der Waals surface area contributed by atoms with E-state index in [-0.39, 0.29) is 0 Å². The molecule has 1 atom stereocenters. The van der Waals surface area contributed by atoms with Crippen molar-refractivity contribution in [3.8, 4) is 17.6 Å². The molecule has 1 aliphatic heterocycles. The number of ether oxygens (including phenoxy) is 1. The number of unbranched alkanes of at least 4 members (excludes halogenated alkanes) is 4. The van der Waals surface area contributed by atoms with Crippen LogP contribution in [0.1, 0.15) is 51.0 Å². The van der Waals surface area contributed by atoms with Gasteiger partial charge in [-0.2, -0.15) is 0 Å².